The molecule has 0 aliphatic heterocycles. The van der Waals surface area contributed by atoms with Crippen molar-refractivity contribution in [3.8, 4) is 5.69 Å². The van der Waals surface area contributed by atoms with Gasteiger partial charge in [0.1, 0.15) is 0 Å². The van der Waals surface area contributed by atoms with E-state index >= 15 is 0 Å². The second-order valence-corrected chi connectivity index (χ2v) is 3.08. The van der Waals surface area contributed by atoms with Crippen molar-refractivity contribution in [2.24, 2.45) is 6.98 Å². The Kier molecular flexibility index (Phi) is 1.33. The molecule has 0 N–H and O–H groups in total. The summed E-state index contributed by atoms with van der Waals surface area (Å²) in [6, 6.07) is 10.0. The van der Waals surface area contributed by atoms with Crippen molar-refractivity contribution in [3.63, 3.8) is 0 Å². The second kappa shape index (κ2) is 3.18. The minimum Gasteiger partial charge on any atom is -0.285 e. The van der Waals surface area contributed by atoms with Gasteiger partial charge in [0.25, 0.3) is 5.56 Å². The Bertz CT molecular complexity index is 581. The van der Waals surface area contributed by atoms with Gasteiger partial charge in [0.2, 0.25) is 0 Å². The van der Waals surface area contributed by atoms with Crippen LogP contribution in [0, 0.1) is 6.92 Å². The zero-order chi connectivity index (χ0) is 12.6. The molecule has 0 unspecified atom stereocenters. The Labute approximate surface area is 86.4 Å². The van der Waals surface area contributed by atoms with Crippen molar-refractivity contribution in [2.45, 2.75) is 6.92 Å². The van der Waals surface area contributed by atoms with Crippen LogP contribution in [0.1, 0.15) is 9.81 Å². The summed E-state index contributed by atoms with van der Waals surface area (Å²) in [6.07, 6.45) is 0. The molecule has 0 bridgehead atoms. The smallest absolute Gasteiger partial charge is 0.271 e. The van der Waals surface area contributed by atoms with E-state index in [0.717, 1.165) is 4.68 Å². The average Bonchev–Trinajstić information content (AvgIpc) is 2.54. The molecule has 0 saturated carbocycles. The molecule has 0 fully saturated rings. The second-order valence-electron chi connectivity index (χ2n) is 3.08. The van der Waals surface area contributed by atoms with Gasteiger partial charge in [-0.1, -0.05) is 18.2 Å². The third kappa shape index (κ3) is 1.27. The Morgan fingerprint density at radius 3 is 2.64 bits per heavy atom. The first-order valence-electron chi connectivity index (χ1n) is 5.79. The van der Waals surface area contributed by atoms with E-state index in [4.69, 9.17) is 4.11 Å². The summed E-state index contributed by atoms with van der Waals surface area (Å²) in [5.74, 6) is 0. The number of nitrogens with zero attached hydrogens (tertiary/aromatic N) is 2. The molecule has 1 heterocycles. The number of rotatable bonds is 1. The highest BCUT2D eigenvalue weighted by atomic mass is 16.1. The summed E-state index contributed by atoms with van der Waals surface area (Å²) in [4.78, 5) is 11.8. The van der Waals surface area contributed by atoms with Crippen molar-refractivity contribution in [2.75, 3.05) is 0 Å². The van der Waals surface area contributed by atoms with E-state index in [2.05, 4.69) is 0 Å². The molecule has 72 valence electrons. The maximum Gasteiger partial charge on any atom is 0.271 e. The van der Waals surface area contributed by atoms with E-state index in [9.17, 15) is 4.79 Å². The number of aryl methyl sites for hydroxylation is 1. The van der Waals surface area contributed by atoms with Gasteiger partial charge in [-0.05, 0) is 19.1 Å². The number of benzene rings is 1. The molecule has 0 amide bonds. The molecular weight excluding hydrogens is 176 g/mol. The molecule has 0 spiro atoms. The van der Waals surface area contributed by atoms with Gasteiger partial charge in [0, 0.05) is 22.8 Å². The van der Waals surface area contributed by atoms with Gasteiger partial charge in [-0.3, -0.25) is 9.48 Å². The fourth-order valence-electron chi connectivity index (χ4n) is 1.37. The first kappa shape index (κ1) is 5.86. The average molecular weight is 191 g/mol. The predicted molar refractivity (Wildman–Crippen MR) is 55.7 cm³/mol. The lowest BCUT2D eigenvalue weighted by Gasteiger charge is -2.07. The summed E-state index contributed by atoms with van der Waals surface area (Å²) in [5, 5.41) is 0. The van der Waals surface area contributed by atoms with Crippen LogP contribution in [-0.4, -0.2) is 9.36 Å². The first-order chi connectivity index (χ1) is 7.91. The SMILES string of the molecule is [2H]C([2H])([2H])n1c(C)cc(=O)n1-c1ccccc1. The largest absolute Gasteiger partial charge is 0.285 e. The van der Waals surface area contributed by atoms with Gasteiger partial charge in [-0.2, -0.15) is 0 Å². The Morgan fingerprint density at radius 2 is 2.00 bits per heavy atom. The van der Waals surface area contributed by atoms with Crippen molar-refractivity contribution in [3.05, 3.63) is 52.4 Å². The summed E-state index contributed by atoms with van der Waals surface area (Å²) < 4.78 is 24.6. The lowest BCUT2D eigenvalue weighted by atomic mass is 10.3. The third-order valence-electron chi connectivity index (χ3n) is 2.08. The van der Waals surface area contributed by atoms with Gasteiger partial charge in [-0.15, -0.1) is 0 Å². The minimum atomic E-state index is -2.37. The molecule has 1 aromatic carbocycles. The van der Waals surface area contributed by atoms with E-state index in [1.807, 2.05) is 6.07 Å². The molecule has 3 nitrogen and oxygen atoms in total. The quantitative estimate of drug-likeness (QED) is 0.670. The summed E-state index contributed by atoms with van der Waals surface area (Å²) >= 11 is 0. The maximum atomic E-state index is 11.8. The third-order valence-corrected chi connectivity index (χ3v) is 2.08. The van der Waals surface area contributed by atoms with Crippen molar-refractivity contribution in [1.29, 1.82) is 0 Å². The Morgan fingerprint density at radius 1 is 1.29 bits per heavy atom. The fraction of sp³-hybridized carbons (Fsp3) is 0.182. The molecule has 14 heavy (non-hydrogen) atoms. The maximum absolute atomic E-state index is 11.8. The van der Waals surface area contributed by atoms with Crippen LogP contribution in [-0.2, 0) is 6.98 Å². The Balaban J connectivity index is 2.75. The topological polar surface area (TPSA) is 26.9 Å². The van der Waals surface area contributed by atoms with E-state index in [1.54, 1.807) is 31.2 Å². The highest BCUT2D eigenvalue weighted by molar-refractivity contribution is 5.30. The normalized spacial score (nSPS) is 14.5. The lowest BCUT2D eigenvalue weighted by molar-refractivity contribution is 0.630. The molecule has 1 aromatic heterocycles. The number of hydrogen-bond donors (Lipinski definition) is 0. The zero-order valence-corrected chi connectivity index (χ0v) is 7.77. The molecule has 0 aliphatic carbocycles. The van der Waals surface area contributed by atoms with Crippen LogP contribution >= 0.6 is 0 Å². The molecule has 2 aromatic rings. The summed E-state index contributed by atoms with van der Waals surface area (Å²) in [7, 11) is 0. The van der Waals surface area contributed by atoms with Crippen LogP contribution in [0.15, 0.2) is 41.2 Å². The first-order valence-corrected chi connectivity index (χ1v) is 4.29. The number of hydrogen-bond acceptors (Lipinski definition) is 1. The summed E-state index contributed by atoms with van der Waals surface area (Å²) in [5.41, 5.74) is 0.616. The predicted octanol–water partition coefficient (Wildman–Crippen LogP) is 1.48. The van der Waals surface area contributed by atoms with Gasteiger partial charge in [0.05, 0.1) is 5.69 Å². The van der Waals surface area contributed by atoms with Crippen molar-refractivity contribution >= 4 is 0 Å². The van der Waals surface area contributed by atoms with Gasteiger partial charge >= 0.3 is 0 Å². The molecule has 3 heteroatoms. The van der Waals surface area contributed by atoms with Crippen LogP contribution in [0.25, 0.3) is 5.69 Å². The van der Waals surface area contributed by atoms with Gasteiger partial charge in [-0.25, -0.2) is 4.68 Å². The van der Waals surface area contributed by atoms with Crippen molar-refractivity contribution in [1.82, 2.24) is 9.36 Å². The zero-order valence-electron chi connectivity index (χ0n) is 10.8. The molecule has 0 saturated heterocycles. The number of para-hydroxylation sites is 1. The van der Waals surface area contributed by atoms with E-state index in [-0.39, 0.29) is 5.56 Å². The van der Waals surface area contributed by atoms with E-state index in [0.29, 0.717) is 11.4 Å². The highest BCUT2D eigenvalue weighted by Crippen LogP contribution is 2.04. The summed E-state index contributed by atoms with van der Waals surface area (Å²) in [6.45, 7) is -0.768. The lowest BCUT2D eigenvalue weighted by Crippen LogP contribution is -2.18. The van der Waals surface area contributed by atoms with Crippen LogP contribution in [0.2, 0.25) is 0 Å². The van der Waals surface area contributed by atoms with Crippen LogP contribution in [0.5, 0.6) is 0 Å². The minimum absolute atomic E-state index is 0.343. The molecule has 2 rings (SSSR count). The standard InChI is InChI=1S/C11H12N2O/c1-9-8-11(14)13(12(9)2)10-6-4-3-5-7-10/h3-8H,1-2H3/i2D3. The van der Waals surface area contributed by atoms with E-state index < -0.39 is 6.98 Å². The monoisotopic (exact) mass is 191 g/mol. The van der Waals surface area contributed by atoms with E-state index in [1.165, 1.54) is 10.7 Å². The highest BCUT2D eigenvalue weighted by Gasteiger charge is 2.05. The molecule has 0 aliphatic rings. The molecule has 0 atom stereocenters. The van der Waals surface area contributed by atoms with Gasteiger partial charge < -0.3 is 0 Å². The van der Waals surface area contributed by atoms with Crippen LogP contribution in [0.3, 0.4) is 0 Å². The fourth-order valence-corrected chi connectivity index (χ4v) is 1.37. The van der Waals surface area contributed by atoms with Crippen molar-refractivity contribution < 1.29 is 4.11 Å². The Hall–Kier alpha value is -1.77. The van der Waals surface area contributed by atoms with Crippen LogP contribution in [0.4, 0.5) is 0 Å². The number of aromatic nitrogens is 2. The molecule has 0 radical (unpaired) electrons. The molecular formula is C11H12N2O. The van der Waals surface area contributed by atoms with Crippen LogP contribution < -0.4 is 5.56 Å². The van der Waals surface area contributed by atoms with Gasteiger partial charge in [0.15, 0.2) is 0 Å².